The number of carbonyl (C=O) groups excluding carboxylic acids is 1. The van der Waals surface area contributed by atoms with Gasteiger partial charge in [0.1, 0.15) is 11.5 Å². The molecular formula is C20H21ClFN5O. The SMILES string of the molecule is CC(=O)[C@@]1(C)CCCC[C@@H]1Cc1nc(-c2[nH]nc3ncc(Cl)cc23)ncc1F. The molecule has 146 valence electrons. The molecule has 1 N–H and O–H groups in total. The number of aromatic amines is 1. The third-order valence-corrected chi connectivity index (χ3v) is 6.27. The monoisotopic (exact) mass is 401 g/mol. The Morgan fingerprint density at radius 1 is 1.36 bits per heavy atom. The molecule has 28 heavy (non-hydrogen) atoms. The van der Waals surface area contributed by atoms with Gasteiger partial charge >= 0.3 is 0 Å². The largest absolute Gasteiger partial charge is 0.299 e. The Labute approximate surface area is 167 Å². The van der Waals surface area contributed by atoms with Gasteiger partial charge in [-0.15, -0.1) is 0 Å². The van der Waals surface area contributed by atoms with Gasteiger partial charge in [0.15, 0.2) is 17.3 Å². The maximum Gasteiger partial charge on any atom is 0.181 e. The molecule has 0 saturated heterocycles. The van der Waals surface area contributed by atoms with Gasteiger partial charge in [-0.3, -0.25) is 9.89 Å². The second-order valence-electron chi connectivity index (χ2n) is 7.73. The van der Waals surface area contributed by atoms with E-state index in [2.05, 4.69) is 25.1 Å². The summed E-state index contributed by atoms with van der Waals surface area (Å²) in [6, 6.07) is 1.73. The summed E-state index contributed by atoms with van der Waals surface area (Å²) < 4.78 is 14.5. The standard InChI is InChI=1S/C20H21ClFN5O/c1-11(28)20(2)6-4-3-5-12(20)7-16-15(22)10-24-19(25-16)17-14-8-13(21)9-23-18(14)27-26-17/h8-10,12H,3-7H2,1-2H3,(H,23,26,27)/t12-,20-/m1/s1. The van der Waals surface area contributed by atoms with Crippen molar-refractivity contribution in [3.05, 3.63) is 35.0 Å². The van der Waals surface area contributed by atoms with E-state index in [0.717, 1.165) is 25.7 Å². The Morgan fingerprint density at radius 3 is 2.96 bits per heavy atom. The third kappa shape index (κ3) is 3.28. The van der Waals surface area contributed by atoms with Crippen molar-refractivity contribution in [1.82, 2.24) is 25.1 Å². The van der Waals surface area contributed by atoms with E-state index in [4.69, 9.17) is 11.6 Å². The van der Waals surface area contributed by atoms with Gasteiger partial charge in [-0.05, 0) is 38.2 Å². The first-order valence-corrected chi connectivity index (χ1v) is 9.79. The highest BCUT2D eigenvalue weighted by atomic mass is 35.5. The molecule has 0 bridgehead atoms. The molecule has 1 aliphatic carbocycles. The van der Waals surface area contributed by atoms with Crippen LogP contribution in [0.4, 0.5) is 4.39 Å². The highest BCUT2D eigenvalue weighted by Crippen LogP contribution is 2.43. The van der Waals surface area contributed by atoms with Crippen LogP contribution in [0.1, 0.15) is 45.2 Å². The summed E-state index contributed by atoms with van der Waals surface area (Å²) in [5.74, 6) is 0.0984. The molecule has 1 fully saturated rings. The number of nitrogens with one attached hydrogen (secondary N) is 1. The summed E-state index contributed by atoms with van der Waals surface area (Å²) in [6.07, 6.45) is 6.89. The number of aromatic nitrogens is 5. The van der Waals surface area contributed by atoms with Crippen molar-refractivity contribution in [1.29, 1.82) is 0 Å². The molecule has 2 atom stereocenters. The molecule has 4 rings (SSSR count). The number of halogens is 2. The molecule has 0 spiro atoms. The Kier molecular flexibility index (Phi) is 4.87. The van der Waals surface area contributed by atoms with Crippen LogP contribution in [0.25, 0.3) is 22.6 Å². The number of ketones is 1. The molecule has 3 heterocycles. The van der Waals surface area contributed by atoms with Gasteiger partial charge in [-0.1, -0.05) is 31.4 Å². The first kappa shape index (κ1) is 18.9. The molecule has 1 aliphatic rings. The summed E-state index contributed by atoms with van der Waals surface area (Å²) in [5, 5.41) is 8.15. The molecule has 3 aromatic heterocycles. The minimum atomic E-state index is -0.458. The summed E-state index contributed by atoms with van der Waals surface area (Å²) >= 11 is 6.04. The Hall–Kier alpha value is -2.41. The molecule has 0 aliphatic heterocycles. The van der Waals surface area contributed by atoms with E-state index in [-0.39, 0.29) is 11.7 Å². The normalized spacial score (nSPS) is 22.5. The Balaban J connectivity index is 1.71. The third-order valence-electron chi connectivity index (χ3n) is 6.06. The van der Waals surface area contributed by atoms with Crippen LogP contribution < -0.4 is 0 Å². The van der Waals surface area contributed by atoms with E-state index in [9.17, 15) is 9.18 Å². The summed E-state index contributed by atoms with van der Waals surface area (Å²) in [7, 11) is 0. The fraction of sp³-hybridized carbons (Fsp3) is 0.450. The van der Waals surface area contributed by atoms with Crippen LogP contribution in [-0.2, 0) is 11.2 Å². The van der Waals surface area contributed by atoms with Gasteiger partial charge < -0.3 is 0 Å². The summed E-state index contributed by atoms with van der Waals surface area (Å²) in [6.45, 7) is 3.63. The molecular weight excluding hydrogens is 381 g/mol. The smallest absolute Gasteiger partial charge is 0.181 e. The lowest BCUT2D eigenvalue weighted by Crippen LogP contribution is -2.38. The lowest BCUT2D eigenvalue weighted by Gasteiger charge is -2.39. The molecule has 0 unspecified atom stereocenters. The minimum absolute atomic E-state index is 0.0608. The van der Waals surface area contributed by atoms with Crippen molar-refractivity contribution in [2.24, 2.45) is 11.3 Å². The molecule has 1 saturated carbocycles. The second-order valence-corrected chi connectivity index (χ2v) is 8.17. The quantitative estimate of drug-likeness (QED) is 0.693. The number of Topliss-reactive ketones (excluding diaryl/α,β-unsaturated/α-hetero) is 1. The van der Waals surface area contributed by atoms with Gasteiger partial charge in [0.25, 0.3) is 0 Å². The van der Waals surface area contributed by atoms with Crippen LogP contribution >= 0.6 is 11.6 Å². The maximum absolute atomic E-state index is 14.5. The molecule has 0 amide bonds. The van der Waals surface area contributed by atoms with E-state index in [1.54, 1.807) is 13.0 Å². The van der Waals surface area contributed by atoms with Gasteiger partial charge in [-0.2, -0.15) is 5.10 Å². The van der Waals surface area contributed by atoms with Crippen molar-refractivity contribution in [3.8, 4) is 11.5 Å². The number of H-pyrrole nitrogens is 1. The van der Waals surface area contributed by atoms with Crippen LogP contribution in [0.15, 0.2) is 18.5 Å². The molecule has 0 radical (unpaired) electrons. The van der Waals surface area contributed by atoms with Crippen molar-refractivity contribution < 1.29 is 9.18 Å². The average Bonchev–Trinajstić information content (AvgIpc) is 3.08. The zero-order valence-corrected chi connectivity index (χ0v) is 16.6. The molecule has 3 aromatic rings. The van der Waals surface area contributed by atoms with E-state index in [0.29, 0.717) is 39.7 Å². The van der Waals surface area contributed by atoms with Crippen molar-refractivity contribution in [3.63, 3.8) is 0 Å². The number of hydrogen-bond acceptors (Lipinski definition) is 5. The van der Waals surface area contributed by atoms with Crippen LogP contribution in [0, 0.1) is 17.2 Å². The van der Waals surface area contributed by atoms with E-state index < -0.39 is 11.2 Å². The highest BCUT2D eigenvalue weighted by molar-refractivity contribution is 6.31. The Morgan fingerprint density at radius 2 is 2.18 bits per heavy atom. The molecule has 8 heteroatoms. The number of pyridine rings is 1. The number of rotatable bonds is 4. The fourth-order valence-corrected chi connectivity index (χ4v) is 4.30. The average molecular weight is 402 g/mol. The predicted octanol–water partition coefficient (Wildman–Crippen LogP) is 4.54. The highest BCUT2D eigenvalue weighted by Gasteiger charge is 2.40. The van der Waals surface area contributed by atoms with Crippen molar-refractivity contribution >= 4 is 28.4 Å². The van der Waals surface area contributed by atoms with Gasteiger partial charge in [0.2, 0.25) is 0 Å². The van der Waals surface area contributed by atoms with Crippen LogP contribution in [0.2, 0.25) is 5.02 Å². The topological polar surface area (TPSA) is 84.4 Å². The first-order valence-electron chi connectivity index (χ1n) is 9.41. The van der Waals surface area contributed by atoms with E-state index in [1.807, 2.05) is 6.92 Å². The van der Waals surface area contributed by atoms with Gasteiger partial charge in [0, 0.05) is 11.6 Å². The molecule has 6 nitrogen and oxygen atoms in total. The van der Waals surface area contributed by atoms with E-state index >= 15 is 0 Å². The lowest BCUT2D eigenvalue weighted by atomic mass is 9.64. The zero-order valence-electron chi connectivity index (χ0n) is 15.8. The fourth-order valence-electron chi connectivity index (χ4n) is 4.14. The van der Waals surface area contributed by atoms with E-state index in [1.165, 1.54) is 12.4 Å². The summed E-state index contributed by atoms with van der Waals surface area (Å²) in [5.41, 5.74) is 0.921. The molecule has 0 aromatic carbocycles. The number of fused-ring (bicyclic) bond motifs is 1. The van der Waals surface area contributed by atoms with Crippen LogP contribution in [0.5, 0.6) is 0 Å². The predicted molar refractivity (Wildman–Crippen MR) is 104 cm³/mol. The van der Waals surface area contributed by atoms with Crippen LogP contribution in [0.3, 0.4) is 0 Å². The van der Waals surface area contributed by atoms with Crippen LogP contribution in [-0.4, -0.2) is 30.9 Å². The van der Waals surface area contributed by atoms with Crippen molar-refractivity contribution in [2.45, 2.75) is 46.0 Å². The lowest BCUT2D eigenvalue weighted by molar-refractivity contribution is -0.130. The maximum atomic E-state index is 14.5. The second kappa shape index (κ2) is 7.20. The number of nitrogens with zero attached hydrogens (tertiary/aromatic N) is 4. The zero-order chi connectivity index (χ0) is 19.9. The number of hydrogen-bond donors (Lipinski definition) is 1. The number of carbonyl (C=O) groups is 1. The Bertz CT molecular complexity index is 1050. The first-order chi connectivity index (χ1) is 13.4. The summed E-state index contributed by atoms with van der Waals surface area (Å²) in [4.78, 5) is 25.0. The van der Waals surface area contributed by atoms with Gasteiger partial charge in [0.05, 0.1) is 22.3 Å². The van der Waals surface area contributed by atoms with Gasteiger partial charge in [-0.25, -0.2) is 19.3 Å². The minimum Gasteiger partial charge on any atom is -0.299 e. The van der Waals surface area contributed by atoms with Crippen molar-refractivity contribution in [2.75, 3.05) is 0 Å².